The highest BCUT2D eigenvalue weighted by Gasteiger charge is 2.38. The molecule has 1 unspecified atom stereocenters. The van der Waals surface area contributed by atoms with Crippen molar-refractivity contribution < 1.29 is 46.8 Å². The van der Waals surface area contributed by atoms with E-state index in [1.807, 2.05) is 6.07 Å². The number of carbonyl (C=O) groups excluding carboxylic acids is 3. The third-order valence-corrected chi connectivity index (χ3v) is 11.0. The first-order chi connectivity index (χ1) is 27.6. The predicted molar refractivity (Wildman–Crippen MR) is 205 cm³/mol. The second kappa shape index (κ2) is 18.5. The molecule has 11 nitrogen and oxygen atoms in total. The summed E-state index contributed by atoms with van der Waals surface area (Å²) in [6, 6.07) is 18.4. The Balaban J connectivity index is 1.04. The van der Waals surface area contributed by atoms with E-state index in [4.69, 9.17) is 46.9 Å². The number of nitrogens with zero attached hydrogens (tertiary/aromatic N) is 2. The number of benzene rings is 3. The molecule has 1 amide bonds. The monoisotopic (exact) mass is 823 g/mol. The van der Waals surface area contributed by atoms with Crippen LogP contribution in [0.2, 0.25) is 10.0 Å². The van der Waals surface area contributed by atoms with Crippen molar-refractivity contribution in [3.05, 3.63) is 123 Å². The van der Waals surface area contributed by atoms with Gasteiger partial charge in [0.2, 0.25) is 0 Å². The van der Waals surface area contributed by atoms with Gasteiger partial charge in [0.15, 0.2) is 17.5 Å². The minimum Gasteiger partial charge on any atom is -0.489 e. The molecule has 1 N–H and O–H groups in total. The number of hydrogen-bond donors (Lipinski definition) is 1. The molecule has 3 aliphatic heterocycles. The van der Waals surface area contributed by atoms with Crippen LogP contribution in [-0.2, 0) is 32.0 Å². The zero-order valence-corrected chi connectivity index (χ0v) is 32.3. The summed E-state index contributed by atoms with van der Waals surface area (Å²) in [5.41, 5.74) is 2.02. The predicted octanol–water partition coefficient (Wildman–Crippen LogP) is 8.52. The number of nitrogens with one attached hydrogen (secondary N) is 1. The van der Waals surface area contributed by atoms with Crippen LogP contribution in [0.1, 0.15) is 70.4 Å². The molecule has 3 aromatic carbocycles. The number of fused-ring (bicyclic) bond motifs is 3. The van der Waals surface area contributed by atoms with Crippen LogP contribution in [0.15, 0.2) is 85.2 Å². The second-order valence-electron chi connectivity index (χ2n) is 14.4. The highest BCUT2D eigenvalue weighted by atomic mass is 35.5. The number of aromatic nitrogens is 1. The molecular formula is C42H41Cl2F2N3O8. The van der Waals surface area contributed by atoms with Crippen molar-refractivity contribution in [3.8, 4) is 11.5 Å². The van der Waals surface area contributed by atoms with Gasteiger partial charge in [0.1, 0.15) is 18.8 Å². The number of hydrogen-bond acceptors (Lipinski definition) is 10. The summed E-state index contributed by atoms with van der Waals surface area (Å²) in [5, 5.41) is 3.14. The number of esters is 2. The number of rotatable bonds is 16. The summed E-state index contributed by atoms with van der Waals surface area (Å²) < 4.78 is 54.6. The molecule has 300 valence electrons. The van der Waals surface area contributed by atoms with E-state index >= 15 is 0 Å². The van der Waals surface area contributed by atoms with Gasteiger partial charge >= 0.3 is 24.6 Å². The van der Waals surface area contributed by atoms with E-state index in [0.29, 0.717) is 47.2 Å². The molecule has 3 saturated heterocycles. The molecule has 4 aliphatic rings. The maximum Gasteiger partial charge on any atom is 0.408 e. The minimum absolute atomic E-state index is 0.0106. The summed E-state index contributed by atoms with van der Waals surface area (Å²) in [5.74, 6) is -0.771. The highest BCUT2D eigenvalue weighted by Crippen LogP contribution is 2.38. The molecule has 0 spiro atoms. The Hall–Kier alpha value is -4.98. The Morgan fingerprint density at radius 3 is 2.32 bits per heavy atom. The lowest BCUT2D eigenvalue weighted by molar-refractivity contribution is -0.161. The first-order valence-electron chi connectivity index (χ1n) is 18.8. The molecule has 0 radical (unpaired) electrons. The lowest BCUT2D eigenvalue weighted by atomic mass is 9.86. The third kappa shape index (κ3) is 10.7. The average molecular weight is 825 g/mol. The number of halogens is 4. The lowest BCUT2D eigenvalue weighted by Crippen LogP contribution is -2.52. The minimum atomic E-state index is -3.08. The van der Waals surface area contributed by atoms with E-state index in [2.05, 4.69) is 15.2 Å². The molecular weight excluding hydrogens is 783 g/mol. The summed E-state index contributed by atoms with van der Waals surface area (Å²) in [6.45, 7) is -0.337. The third-order valence-electron chi connectivity index (χ3n) is 10.3. The van der Waals surface area contributed by atoms with Crippen LogP contribution in [0.4, 0.5) is 13.6 Å². The van der Waals surface area contributed by atoms with Gasteiger partial charge in [-0.2, -0.15) is 8.78 Å². The van der Waals surface area contributed by atoms with Gasteiger partial charge in [-0.15, -0.1) is 0 Å². The Kier molecular flexibility index (Phi) is 13.1. The Bertz CT molecular complexity index is 2030. The summed E-state index contributed by atoms with van der Waals surface area (Å²) in [4.78, 5) is 46.7. The van der Waals surface area contributed by atoms with Crippen LogP contribution in [0.5, 0.6) is 11.5 Å². The second-order valence-corrected chi connectivity index (χ2v) is 15.2. The molecule has 1 aliphatic carbocycles. The zero-order valence-electron chi connectivity index (χ0n) is 30.8. The van der Waals surface area contributed by atoms with Crippen molar-refractivity contribution in [2.75, 3.05) is 26.2 Å². The van der Waals surface area contributed by atoms with Crippen molar-refractivity contribution in [1.29, 1.82) is 0 Å². The van der Waals surface area contributed by atoms with Crippen LogP contribution in [0, 0.1) is 11.8 Å². The van der Waals surface area contributed by atoms with Gasteiger partial charge in [0, 0.05) is 25.4 Å². The largest absolute Gasteiger partial charge is 0.489 e. The number of alkyl carbamates (subject to hydrolysis) is 1. The fourth-order valence-corrected chi connectivity index (χ4v) is 7.57. The number of pyridine rings is 1. The maximum atomic E-state index is 13.8. The number of ether oxygens (including phenoxy) is 5. The van der Waals surface area contributed by atoms with Crippen molar-refractivity contribution in [2.24, 2.45) is 11.8 Å². The smallest absolute Gasteiger partial charge is 0.408 e. The van der Waals surface area contributed by atoms with Gasteiger partial charge in [0.05, 0.1) is 22.2 Å². The van der Waals surface area contributed by atoms with E-state index < -0.39 is 36.8 Å². The highest BCUT2D eigenvalue weighted by molar-refractivity contribution is 6.35. The van der Waals surface area contributed by atoms with Gasteiger partial charge in [-0.1, -0.05) is 71.7 Å². The molecule has 4 fully saturated rings. The van der Waals surface area contributed by atoms with E-state index in [9.17, 15) is 23.2 Å². The molecule has 2 bridgehead atoms. The van der Waals surface area contributed by atoms with E-state index in [1.165, 1.54) is 42.7 Å². The SMILES string of the molecule is O=C(NC(C(=O)O[C@H]1CN2CCC1CC2)c1ccccc1)OCc1cccc(C(=O)O[C@@H](Cc2c(Cl)cncc2Cl)c2ccc(OC(F)F)c(OCC3CC3)c2)c1. The van der Waals surface area contributed by atoms with E-state index in [0.717, 1.165) is 38.8 Å². The lowest BCUT2D eigenvalue weighted by Gasteiger charge is -2.44. The molecule has 57 heavy (non-hydrogen) atoms. The molecule has 15 heteroatoms. The number of carbonyl (C=O) groups is 3. The van der Waals surface area contributed by atoms with Gasteiger partial charge in [-0.3, -0.25) is 9.88 Å². The Morgan fingerprint density at radius 2 is 1.63 bits per heavy atom. The van der Waals surface area contributed by atoms with Crippen LogP contribution in [0.25, 0.3) is 0 Å². The number of amides is 1. The molecule has 3 atom stereocenters. The average Bonchev–Trinajstić information content (AvgIpc) is 4.05. The topological polar surface area (TPSA) is 126 Å². The number of alkyl halides is 2. The van der Waals surface area contributed by atoms with Gasteiger partial charge < -0.3 is 29.0 Å². The van der Waals surface area contributed by atoms with E-state index in [-0.39, 0.29) is 46.2 Å². The van der Waals surface area contributed by atoms with Crippen LogP contribution < -0.4 is 14.8 Å². The van der Waals surface area contributed by atoms with Crippen LogP contribution in [-0.4, -0.2) is 66.9 Å². The Labute approximate surface area is 338 Å². The molecule has 8 rings (SSSR count). The van der Waals surface area contributed by atoms with Gasteiger partial charge in [-0.25, -0.2) is 14.4 Å². The zero-order chi connectivity index (χ0) is 39.9. The summed E-state index contributed by atoms with van der Waals surface area (Å²) >= 11 is 12.9. The Morgan fingerprint density at radius 1 is 0.877 bits per heavy atom. The summed E-state index contributed by atoms with van der Waals surface area (Å²) in [6.07, 6.45) is 4.60. The summed E-state index contributed by atoms with van der Waals surface area (Å²) in [7, 11) is 0. The number of piperidine rings is 3. The van der Waals surface area contributed by atoms with Crippen molar-refractivity contribution >= 4 is 41.2 Å². The van der Waals surface area contributed by atoms with Gasteiger partial charge in [-0.05, 0) is 97.1 Å². The first kappa shape index (κ1) is 40.2. The first-order valence-corrected chi connectivity index (χ1v) is 19.6. The van der Waals surface area contributed by atoms with Crippen molar-refractivity contribution in [3.63, 3.8) is 0 Å². The standard InChI is InChI=1S/C42H41Cl2F2N3O8/c43-32-20-47-21-33(44)31(32)19-35(29-11-12-34(57-41(45)46)36(18-29)53-23-25-9-10-25)55-39(50)30-8-4-5-26(17-30)24-54-42(52)48-38(28-6-2-1-3-7-28)40(51)56-37-22-49-15-13-27(37)14-16-49/h1-8,11-12,17-18,20-21,25,27,35,37-38,41H,9-10,13-16,19,22-24H2,(H,48,52)/t35-,37-,38?/m0/s1. The fraction of sp³-hybridized carbons (Fsp3) is 0.381. The maximum absolute atomic E-state index is 13.8. The van der Waals surface area contributed by atoms with Crippen molar-refractivity contribution in [1.82, 2.24) is 15.2 Å². The van der Waals surface area contributed by atoms with E-state index in [1.54, 1.807) is 36.4 Å². The normalized spacial score (nSPS) is 19.6. The van der Waals surface area contributed by atoms with Crippen molar-refractivity contribution in [2.45, 2.75) is 63.6 Å². The van der Waals surface area contributed by atoms with Crippen LogP contribution in [0.3, 0.4) is 0 Å². The van der Waals surface area contributed by atoms with Crippen LogP contribution >= 0.6 is 23.2 Å². The fourth-order valence-electron chi connectivity index (χ4n) is 7.05. The molecule has 1 saturated carbocycles. The molecule has 4 aromatic rings. The quantitative estimate of drug-likeness (QED) is 0.0869. The molecule has 1 aromatic heterocycles. The van der Waals surface area contributed by atoms with Gasteiger partial charge in [0.25, 0.3) is 0 Å². The molecule has 4 heterocycles.